The van der Waals surface area contributed by atoms with Gasteiger partial charge >= 0.3 is 5.97 Å². The van der Waals surface area contributed by atoms with Crippen LogP contribution < -0.4 is 0 Å². The largest absolute Gasteiger partial charge is 0.481 e. The number of aryl methyl sites for hydroxylation is 1. The Labute approximate surface area is 149 Å². The van der Waals surface area contributed by atoms with Gasteiger partial charge in [0.15, 0.2) is 0 Å². The molecule has 0 saturated heterocycles. The van der Waals surface area contributed by atoms with Gasteiger partial charge in [0.25, 0.3) is 0 Å². The Morgan fingerprint density at radius 3 is 1.88 bits per heavy atom. The van der Waals surface area contributed by atoms with E-state index in [1.165, 1.54) is 11.6 Å². The third-order valence-corrected chi connectivity index (χ3v) is 13.8. The number of carboxylic acid groups (broad SMARTS) is 1. The molecule has 1 N–H and O–H groups in total. The number of carboxylic acids is 1. The van der Waals surface area contributed by atoms with Crippen molar-refractivity contribution in [2.45, 2.75) is 89.9 Å². The van der Waals surface area contributed by atoms with Crippen LogP contribution in [-0.2, 0) is 16.6 Å². The third kappa shape index (κ3) is 3.93. The summed E-state index contributed by atoms with van der Waals surface area (Å²) in [4.78, 5) is 11.7. The minimum atomic E-state index is -1.47. The second-order valence-corrected chi connectivity index (χ2v) is 14.9. The van der Waals surface area contributed by atoms with E-state index in [1.54, 1.807) is 0 Å². The van der Waals surface area contributed by atoms with E-state index in [-0.39, 0.29) is 0 Å². The molecular formula is C21H36O2Si. The van der Waals surface area contributed by atoms with E-state index in [9.17, 15) is 9.90 Å². The highest BCUT2D eigenvalue weighted by atomic mass is 28.3. The van der Waals surface area contributed by atoms with Crippen LogP contribution in [0.25, 0.3) is 0 Å². The van der Waals surface area contributed by atoms with Gasteiger partial charge in [0, 0.05) is 0 Å². The summed E-state index contributed by atoms with van der Waals surface area (Å²) in [6, 6.07) is 9.35. The highest BCUT2D eigenvalue weighted by Crippen LogP contribution is 2.45. The molecule has 0 spiro atoms. The van der Waals surface area contributed by atoms with Gasteiger partial charge in [0.1, 0.15) is 0 Å². The Morgan fingerprint density at radius 2 is 1.46 bits per heavy atom. The van der Waals surface area contributed by atoms with Crippen molar-refractivity contribution in [1.29, 1.82) is 0 Å². The lowest BCUT2D eigenvalue weighted by Gasteiger charge is -2.43. The summed E-state index contributed by atoms with van der Waals surface area (Å²) in [6.07, 6.45) is 0.994. The molecule has 0 aliphatic heterocycles. The van der Waals surface area contributed by atoms with Crippen LogP contribution in [-0.4, -0.2) is 19.1 Å². The van der Waals surface area contributed by atoms with E-state index in [1.807, 2.05) is 32.0 Å². The fourth-order valence-corrected chi connectivity index (χ4v) is 11.1. The molecule has 2 nitrogen and oxygen atoms in total. The topological polar surface area (TPSA) is 37.3 Å². The van der Waals surface area contributed by atoms with Gasteiger partial charge in [-0.05, 0) is 31.4 Å². The summed E-state index contributed by atoms with van der Waals surface area (Å²) in [7, 11) is -1.47. The second kappa shape index (κ2) is 7.86. The van der Waals surface area contributed by atoms with Gasteiger partial charge in [-0.2, -0.15) is 0 Å². The van der Waals surface area contributed by atoms with Crippen molar-refractivity contribution in [3.05, 3.63) is 35.4 Å². The zero-order valence-corrected chi connectivity index (χ0v) is 17.8. The number of hydrogen-bond acceptors (Lipinski definition) is 1. The predicted molar refractivity (Wildman–Crippen MR) is 107 cm³/mol. The first-order chi connectivity index (χ1) is 11.0. The van der Waals surface area contributed by atoms with E-state index in [4.69, 9.17) is 0 Å². The third-order valence-electron chi connectivity index (χ3n) is 6.28. The monoisotopic (exact) mass is 348 g/mol. The summed E-state index contributed by atoms with van der Waals surface area (Å²) in [6.45, 7) is 18.0. The molecule has 0 unspecified atom stereocenters. The number of aliphatic carboxylic acids is 1. The number of rotatable bonds is 8. The fourth-order valence-electron chi connectivity index (χ4n) is 4.68. The zero-order valence-electron chi connectivity index (χ0n) is 16.8. The van der Waals surface area contributed by atoms with Crippen LogP contribution in [0.4, 0.5) is 0 Å². The van der Waals surface area contributed by atoms with Gasteiger partial charge < -0.3 is 5.11 Å². The Hall–Kier alpha value is -1.09. The van der Waals surface area contributed by atoms with Crippen LogP contribution in [0.1, 0.15) is 66.5 Å². The molecule has 0 radical (unpaired) electrons. The Morgan fingerprint density at radius 1 is 1.00 bits per heavy atom. The SMILES string of the molecule is CC(C)[Si](CCc1ccccc1C(C)(C)C(=O)O)(C(C)C)C(C)C. The molecular weight excluding hydrogens is 312 g/mol. The molecule has 1 aromatic rings. The van der Waals surface area contributed by atoms with Crippen molar-refractivity contribution in [1.82, 2.24) is 0 Å². The maximum Gasteiger partial charge on any atom is 0.313 e. The van der Waals surface area contributed by atoms with E-state index in [2.05, 4.69) is 47.6 Å². The summed E-state index contributed by atoms with van der Waals surface area (Å²) < 4.78 is 0. The number of hydrogen-bond donors (Lipinski definition) is 1. The maximum atomic E-state index is 11.7. The number of benzene rings is 1. The Balaban J connectivity index is 3.21. The van der Waals surface area contributed by atoms with Crippen molar-refractivity contribution >= 4 is 14.0 Å². The zero-order chi connectivity index (χ0) is 18.7. The molecule has 0 aliphatic rings. The minimum Gasteiger partial charge on any atom is -0.481 e. The first-order valence-electron chi connectivity index (χ1n) is 9.29. The molecule has 136 valence electrons. The molecule has 0 aliphatic carbocycles. The van der Waals surface area contributed by atoms with Crippen molar-refractivity contribution in [2.24, 2.45) is 0 Å². The van der Waals surface area contributed by atoms with Crippen LogP contribution in [0.15, 0.2) is 24.3 Å². The van der Waals surface area contributed by atoms with Gasteiger partial charge in [-0.1, -0.05) is 88.5 Å². The molecule has 0 fully saturated rings. The summed E-state index contributed by atoms with van der Waals surface area (Å²) in [5.74, 6) is -0.755. The van der Waals surface area contributed by atoms with E-state index in [0.29, 0.717) is 0 Å². The van der Waals surface area contributed by atoms with Gasteiger partial charge in [-0.15, -0.1) is 0 Å². The van der Waals surface area contributed by atoms with Crippen LogP contribution in [0.3, 0.4) is 0 Å². The normalized spacial score (nSPS) is 13.1. The van der Waals surface area contributed by atoms with E-state index >= 15 is 0 Å². The molecule has 1 aromatic carbocycles. The van der Waals surface area contributed by atoms with Crippen LogP contribution in [0.2, 0.25) is 22.7 Å². The minimum absolute atomic E-state index is 0.733. The maximum absolute atomic E-state index is 11.7. The summed E-state index contributed by atoms with van der Waals surface area (Å²) in [5.41, 5.74) is 3.54. The molecule has 1 rings (SSSR count). The Kier molecular flexibility index (Phi) is 6.86. The van der Waals surface area contributed by atoms with Crippen LogP contribution in [0.5, 0.6) is 0 Å². The molecule has 0 heterocycles. The molecule has 0 aromatic heterocycles. The lowest BCUT2D eigenvalue weighted by atomic mass is 9.81. The van der Waals surface area contributed by atoms with Crippen LogP contribution >= 0.6 is 0 Å². The average molecular weight is 349 g/mol. The van der Waals surface area contributed by atoms with Gasteiger partial charge in [-0.25, -0.2) is 0 Å². The first kappa shape index (κ1) is 21.0. The quantitative estimate of drug-likeness (QED) is 0.562. The fraction of sp³-hybridized carbons (Fsp3) is 0.667. The second-order valence-electron chi connectivity index (χ2n) is 8.66. The highest BCUT2D eigenvalue weighted by Gasteiger charge is 2.42. The molecule has 0 amide bonds. The highest BCUT2D eigenvalue weighted by molar-refractivity contribution is 6.83. The Bertz CT molecular complexity index is 537. The van der Waals surface area contributed by atoms with E-state index < -0.39 is 19.5 Å². The summed E-state index contributed by atoms with van der Waals surface area (Å²) >= 11 is 0. The van der Waals surface area contributed by atoms with Crippen molar-refractivity contribution < 1.29 is 9.90 Å². The molecule has 24 heavy (non-hydrogen) atoms. The predicted octanol–water partition coefficient (Wildman–Crippen LogP) is 6.27. The molecule has 3 heteroatoms. The molecule has 0 atom stereocenters. The van der Waals surface area contributed by atoms with Crippen molar-refractivity contribution in [3.8, 4) is 0 Å². The smallest absolute Gasteiger partial charge is 0.313 e. The van der Waals surface area contributed by atoms with Crippen molar-refractivity contribution in [2.75, 3.05) is 0 Å². The van der Waals surface area contributed by atoms with Gasteiger partial charge in [-0.3, -0.25) is 4.79 Å². The average Bonchev–Trinajstić information content (AvgIpc) is 2.46. The van der Waals surface area contributed by atoms with Gasteiger partial charge in [0.05, 0.1) is 13.5 Å². The number of carbonyl (C=O) groups is 1. The standard InChI is InChI=1S/C21H36O2Si/c1-15(2)24(16(3)4,17(5)6)14-13-18-11-9-10-12-19(18)21(7,8)20(22)23/h9-12,15-17H,13-14H2,1-8H3,(H,22,23). The van der Waals surface area contributed by atoms with Gasteiger partial charge in [0.2, 0.25) is 0 Å². The lowest BCUT2D eigenvalue weighted by Crippen LogP contribution is -2.44. The van der Waals surface area contributed by atoms with Crippen molar-refractivity contribution in [3.63, 3.8) is 0 Å². The first-order valence-corrected chi connectivity index (χ1v) is 11.7. The van der Waals surface area contributed by atoms with E-state index in [0.717, 1.165) is 28.6 Å². The molecule has 0 bridgehead atoms. The summed E-state index contributed by atoms with van der Waals surface area (Å²) in [5, 5.41) is 9.62. The van der Waals surface area contributed by atoms with Crippen LogP contribution in [0, 0.1) is 0 Å². The lowest BCUT2D eigenvalue weighted by molar-refractivity contribution is -0.142. The molecule has 0 saturated carbocycles.